The normalized spacial score (nSPS) is 15.3. The van der Waals surface area contributed by atoms with E-state index in [-0.39, 0.29) is 16.4 Å². The molecule has 0 saturated carbocycles. The predicted octanol–water partition coefficient (Wildman–Crippen LogP) is 5.16. The molecule has 19 heavy (non-hydrogen) atoms. The third kappa shape index (κ3) is 4.21. The van der Waals surface area contributed by atoms with Crippen molar-refractivity contribution in [3.63, 3.8) is 0 Å². The molecule has 0 spiro atoms. The smallest absolute Gasteiger partial charge is 0.310 e. The Morgan fingerprint density at radius 1 is 1.26 bits per heavy atom. The van der Waals surface area contributed by atoms with Gasteiger partial charge < -0.3 is 5.32 Å². The van der Waals surface area contributed by atoms with E-state index in [1.54, 1.807) is 6.07 Å². The Morgan fingerprint density at radius 2 is 1.89 bits per heavy atom. The molecule has 0 aliphatic heterocycles. The van der Waals surface area contributed by atoms with Crippen molar-refractivity contribution in [1.82, 2.24) is 5.32 Å². The van der Waals surface area contributed by atoms with Crippen LogP contribution in [-0.2, 0) is 6.18 Å². The van der Waals surface area contributed by atoms with Crippen LogP contribution in [-0.4, -0.2) is 6.54 Å². The fraction of sp³-hybridized carbons (Fsp3) is 0.571. The third-order valence-electron chi connectivity index (χ3n) is 3.29. The van der Waals surface area contributed by atoms with Crippen LogP contribution >= 0.6 is 15.9 Å². The zero-order valence-electron chi connectivity index (χ0n) is 11.3. The van der Waals surface area contributed by atoms with Gasteiger partial charge >= 0.3 is 6.18 Å². The molecule has 0 bridgehead atoms. The predicted molar refractivity (Wildman–Crippen MR) is 75.0 cm³/mol. The molecule has 108 valence electrons. The SMILES string of the molecule is CCNC(c1ccc(Br)c(C(F)(F)F)c1)C(C)CC. The Kier molecular flexibility index (Phi) is 5.86. The molecule has 0 fully saturated rings. The van der Waals surface area contributed by atoms with E-state index in [2.05, 4.69) is 21.2 Å². The lowest BCUT2D eigenvalue weighted by atomic mass is 9.91. The van der Waals surface area contributed by atoms with Crippen LogP contribution in [0.5, 0.6) is 0 Å². The maximum atomic E-state index is 12.9. The zero-order valence-corrected chi connectivity index (χ0v) is 12.9. The molecule has 1 aromatic carbocycles. The van der Waals surface area contributed by atoms with Crippen LogP contribution in [0.4, 0.5) is 13.2 Å². The fourth-order valence-electron chi connectivity index (χ4n) is 2.06. The molecule has 0 radical (unpaired) electrons. The van der Waals surface area contributed by atoms with Crippen LogP contribution in [0.2, 0.25) is 0 Å². The van der Waals surface area contributed by atoms with Crippen molar-refractivity contribution in [1.29, 1.82) is 0 Å². The largest absolute Gasteiger partial charge is 0.417 e. The molecule has 5 heteroatoms. The molecule has 0 amide bonds. The summed E-state index contributed by atoms with van der Waals surface area (Å²) in [5, 5.41) is 3.27. The highest BCUT2D eigenvalue weighted by Crippen LogP contribution is 2.37. The highest BCUT2D eigenvalue weighted by Gasteiger charge is 2.34. The summed E-state index contributed by atoms with van der Waals surface area (Å²) < 4.78 is 38.8. The maximum Gasteiger partial charge on any atom is 0.417 e. The molecule has 2 atom stereocenters. The molecule has 1 nitrogen and oxygen atoms in total. The molecule has 0 aliphatic carbocycles. The molecule has 2 unspecified atom stereocenters. The van der Waals surface area contributed by atoms with E-state index in [0.717, 1.165) is 13.0 Å². The van der Waals surface area contributed by atoms with Gasteiger partial charge in [0.05, 0.1) is 5.56 Å². The van der Waals surface area contributed by atoms with Crippen LogP contribution < -0.4 is 5.32 Å². The monoisotopic (exact) mass is 337 g/mol. The number of hydrogen-bond donors (Lipinski definition) is 1. The number of benzene rings is 1. The first-order valence-electron chi connectivity index (χ1n) is 6.41. The molecular formula is C14H19BrF3N. The average molecular weight is 338 g/mol. The van der Waals surface area contributed by atoms with Gasteiger partial charge in [-0.25, -0.2) is 0 Å². The number of alkyl halides is 3. The van der Waals surface area contributed by atoms with E-state index in [9.17, 15) is 13.2 Å². The van der Waals surface area contributed by atoms with E-state index in [1.807, 2.05) is 20.8 Å². The van der Waals surface area contributed by atoms with Crippen LogP contribution in [0.25, 0.3) is 0 Å². The summed E-state index contributed by atoms with van der Waals surface area (Å²) in [6.07, 6.45) is -3.42. The summed E-state index contributed by atoms with van der Waals surface area (Å²) >= 11 is 2.97. The van der Waals surface area contributed by atoms with E-state index >= 15 is 0 Å². The van der Waals surface area contributed by atoms with Gasteiger partial charge in [-0.15, -0.1) is 0 Å². The second kappa shape index (κ2) is 6.75. The van der Waals surface area contributed by atoms with Crippen LogP contribution in [0.3, 0.4) is 0 Å². The number of rotatable bonds is 5. The van der Waals surface area contributed by atoms with Gasteiger partial charge in [0.25, 0.3) is 0 Å². The zero-order chi connectivity index (χ0) is 14.6. The first-order chi connectivity index (χ1) is 8.81. The molecule has 0 saturated heterocycles. The highest BCUT2D eigenvalue weighted by molar-refractivity contribution is 9.10. The average Bonchev–Trinajstić information content (AvgIpc) is 2.34. The van der Waals surface area contributed by atoms with Gasteiger partial charge in [0.15, 0.2) is 0 Å². The van der Waals surface area contributed by atoms with Crippen molar-refractivity contribution >= 4 is 15.9 Å². The van der Waals surface area contributed by atoms with Crippen LogP contribution in [0.1, 0.15) is 44.4 Å². The second-order valence-corrected chi connectivity index (χ2v) is 5.51. The quantitative estimate of drug-likeness (QED) is 0.781. The Balaban J connectivity index is 3.18. The number of halogens is 4. The summed E-state index contributed by atoms with van der Waals surface area (Å²) in [6, 6.07) is 4.41. The maximum absolute atomic E-state index is 12.9. The van der Waals surface area contributed by atoms with Crippen LogP contribution in [0.15, 0.2) is 22.7 Å². The molecule has 0 aliphatic rings. The van der Waals surface area contributed by atoms with Gasteiger partial charge in [0, 0.05) is 10.5 Å². The summed E-state index contributed by atoms with van der Waals surface area (Å²) in [7, 11) is 0. The Bertz CT molecular complexity index is 418. The van der Waals surface area contributed by atoms with E-state index < -0.39 is 11.7 Å². The van der Waals surface area contributed by atoms with Crippen molar-refractivity contribution in [2.45, 2.75) is 39.4 Å². The van der Waals surface area contributed by atoms with Gasteiger partial charge in [0.2, 0.25) is 0 Å². The molecular weight excluding hydrogens is 319 g/mol. The summed E-state index contributed by atoms with van der Waals surface area (Å²) in [4.78, 5) is 0. The van der Waals surface area contributed by atoms with Gasteiger partial charge in [-0.1, -0.05) is 49.2 Å². The van der Waals surface area contributed by atoms with Crippen molar-refractivity contribution in [2.24, 2.45) is 5.92 Å². The van der Waals surface area contributed by atoms with Crippen molar-refractivity contribution in [2.75, 3.05) is 6.54 Å². The summed E-state index contributed by atoms with van der Waals surface area (Å²) in [6.45, 7) is 6.77. The minimum Gasteiger partial charge on any atom is -0.310 e. The highest BCUT2D eigenvalue weighted by atomic mass is 79.9. The van der Waals surface area contributed by atoms with Gasteiger partial charge in [0.1, 0.15) is 0 Å². The second-order valence-electron chi connectivity index (χ2n) is 4.66. The number of nitrogens with one attached hydrogen (secondary N) is 1. The Morgan fingerprint density at radius 3 is 2.37 bits per heavy atom. The topological polar surface area (TPSA) is 12.0 Å². The lowest BCUT2D eigenvalue weighted by molar-refractivity contribution is -0.138. The lowest BCUT2D eigenvalue weighted by Crippen LogP contribution is -2.27. The minimum atomic E-state index is -4.33. The Hall–Kier alpha value is -0.550. The first kappa shape index (κ1) is 16.5. The van der Waals surface area contributed by atoms with Gasteiger partial charge in [-0.2, -0.15) is 13.2 Å². The van der Waals surface area contributed by atoms with Gasteiger partial charge in [-0.3, -0.25) is 0 Å². The van der Waals surface area contributed by atoms with E-state index in [1.165, 1.54) is 12.1 Å². The number of hydrogen-bond acceptors (Lipinski definition) is 1. The third-order valence-corrected chi connectivity index (χ3v) is 3.98. The lowest BCUT2D eigenvalue weighted by Gasteiger charge is -2.25. The standard InChI is InChI=1S/C14H19BrF3N/c1-4-9(3)13(19-5-2)10-6-7-12(15)11(8-10)14(16,17)18/h6-9,13,19H,4-5H2,1-3H3. The minimum absolute atomic E-state index is 0.0517. The van der Waals surface area contributed by atoms with Crippen LogP contribution in [0, 0.1) is 5.92 Å². The van der Waals surface area contributed by atoms with Crippen molar-refractivity contribution in [3.05, 3.63) is 33.8 Å². The Labute approximate surface area is 120 Å². The van der Waals surface area contributed by atoms with Gasteiger partial charge in [-0.05, 0) is 30.2 Å². The van der Waals surface area contributed by atoms with E-state index in [0.29, 0.717) is 5.56 Å². The van der Waals surface area contributed by atoms with E-state index in [4.69, 9.17) is 0 Å². The first-order valence-corrected chi connectivity index (χ1v) is 7.20. The molecule has 1 aromatic rings. The molecule has 0 aromatic heterocycles. The summed E-state index contributed by atoms with van der Waals surface area (Å²) in [5.41, 5.74) is 0.0722. The van der Waals surface area contributed by atoms with Crippen molar-refractivity contribution in [3.8, 4) is 0 Å². The summed E-state index contributed by atoms with van der Waals surface area (Å²) in [5.74, 6) is 0.280. The molecule has 0 heterocycles. The van der Waals surface area contributed by atoms with Crippen molar-refractivity contribution < 1.29 is 13.2 Å². The molecule has 1 rings (SSSR count). The molecule has 1 N–H and O–H groups in total. The fourth-order valence-corrected chi connectivity index (χ4v) is 2.53.